The van der Waals surface area contributed by atoms with Gasteiger partial charge >= 0.3 is 5.97 Å². The van der Waals surface area contributed by atoms with Gasteiger partial charge in [-0.25, -0.2) is 9.78 Å². The highest BCUT2D eigenvalue weighted by Gasteiger charge is 2.06. The maximum absolute atomic E-state index is 10.7. The summed E-state index contributed by atoms with van der Waals surface area (Å²) in [5, 5.41) is 9.40. The van der Waals surface area contributed by atoms with Gasteiger partial charge in [0, 0.05) is 16.9 Å². The molecule has 4 nitrogen and oxygen atoms in total. The van der Waals surface area contributed by atoms with Gasteiger partial charge in [-0.3, -0.25) is 4.98 Å². The first kappa shape index (κ1) is 11.9. The Morgan fingerprint density at radius 3 is 2.82 bits per heavy atom. The van der Waals surface area contributed by atoms with E-state index in [0.717, 1.165) is 21.4 Å². The summed E-state index contributed by atoms with van der Waals surface area (Å²) in [7, 11) is 0. The molecule has 0 saturated carbocycles. The van der Waals surface area contributed by atoms with E-state index in [2.05, 4.69) is 25.9 Å². The molecule has 2 rings (SSSR count). The number of hydrogen-bond acceptors (Lipinski definition) is 4. The second-order valence-electron chi connectivity index (χ2n) is 3.14. The monoisotopic (exact) mass is 310 g/mol. The van der Waals surface area contributed by atoms with Crippen LogP contribution in [0.4, 0.5) is 0 Å². The van der Waals surface area contributed by atoms with Gasteiger partial charge < -0.3 is 5.11 Å². The van der Waals surface area contributed by atoms with Crippen LogP contribution in [-0.4, -0.2) is 21.0 Å². The fraction of sp³-hybridized carbons (Fsp3) is 0. The Bertz CT molecular complexity index is 580. The molecule has 0 radical (unpaired) electrons. The topological polar surface area (TPSA) is 63.1 Å². The third kappa shape index (κ3) is 3.21. The average Bonchev–Trinajstić information content (AvgIpc) is 2.75. The summed E-state index contributed by atoms with van der Waals surface area (Å²) in [5.41, 5.74) is 0.923. The van der Waals surface area contributed by atoms with Gasteiger partial charge in [0.1, 0.15) is 9.88 Å². The SMILES string of the molecule is O=C(O)c1cnc(C=Cc2cncc(Br)c2)s1. The van der Waals surface area contributed by atoms with Crippen molar-refractivity contribution in [3.05, 3.63) is 44.6 Å². The number of carboxylic acids is 1. The van der Waals surface area contributed by atoms with Crippen LogP contribution in [0.1, 0.15) is 20.2 Å². The van der Waals surface area contributed by atoms with Crippen LogP contribution in [0.25, 0.3) is 12.2 Å². The van der Waals surface area contributed by atoms with Gasteiger partial charge in [-0.05, 0) is 33.6 Å². The van der Waals surface area contributed by atoms with Crippen LogP contribution in [0, 0.1) is 0 Å². The van der Waals surface area contributed by atoms with Crippen molar-refractivity contribution in [2.24, 2.45) is 0 Å². The molecule has 2 aromatic rings. The lowest BCUT2D eigenvalue weighted by Crippen LogP contribution is -1.89. The molecule has 17 heavy (non-hydrogen) atoms. The number of carboxylic acid groups (broad SMARTS) is 1. The summed E-state index contributed by atoms with van der Waals surface area (Å²) >= 11 is 4.46. The highest BCUT2D eigenvalue weighted by atomic mass is 79.9. The number of rotatable bonds is 3. The number of aromatic nitrogens is 2. The number of aromatic carboxylic acids is 1. The molecule has 0 fully saturated rings. The Kier molecular flexibility index (Phi) is 3.65. The third-order valence-electron chi connectivity index (χ3n) is 1.88. The van der Waals surface area contributed by atoms with Gasteiger partial charge in [-0.2, -0.15) is 0 Å². The van der Waals surface area contributed by atoms with E-state index in [1.54, 1.807) is 18.5 Å². The van der Waals surface area contributed by atoms with Crippen molar-refractivity contribution in [2.45, 2.75) is 0 Å². The van der Waals surface area contributed by atoms with Crippen molar-refractivity contribution in [3.63, 3.8) is 0 Å². The van der Waals surface area contributed by atoms with Crippen LogP contribution in [0.15, 0.2) is 29.1 Å². The lowest BCUT2D eigenvalue weighted by Gasteiger charge is -1.92. The van der Waals surface area contributed by atoms with E-state index < -0.39 is 5.97 Å². The molecule has 6 heteroatoms. The molecule has 0 unspecified atom stereocenters. The van der Waals surface area contributed by atoms with Crippen LogP contribution in [0.3, 0.4) is 0 Å². The Morgan fingerprint density at radius 1 is 1.35 bits per heavy atom. The Balaban J connectivity index is 2.17. The first-order chi connectivity index (χ1) is 8.15. The van der Waals surface area contributed by atoms with Crippen molar-refractivity contribution in [2.75, 3.05) is 0 Å². The number of thiazole rings is 1. The predicted molar refractivity (Wildman–Crippen MR) is 69.9 cm³/mol. The smallest absolute Gasteiger partial charge is 0.347 e. The zero-order valence-electron chi connectivity index (χ0n) is 8.50. The zero-order chi connectivity index (χ0) is 12.3. The molecule has 0 atom stereocenters. The maximum atomic E-state index is 10.7. The molecule has 2 heterocycles. The van der Waals surface area contributed by atoms with Crippen molar-refractivity contribution < 1.29 is 9.90 Å². The number of pyridine rings is 1. The molecule has 0 aliphatic carbocycles. The highest BCUT2D eigenvalue weighted by molar-refractivity contribution is 9.10. The minimum absolute atomic E-state index is 0.233. The van der Waals surface area contributed by atoms with Crippen LogP contribution >= 0.6 is 27.3 Å². The summed E-state index contributed by atoms with van der Waals surface area (Å²) in [6, 6.07) is 1.91. The van der Waals surface area contributed by atoms with E-state index in [-0.39, 0.29) is 4.88 Å². The van der Waals surface area contributed by atoms with E-state index in [4.69, 9.17) is 5.11 Å². The maximum Gasteiger partial charge on any atom is 0.347 e. The molecule has 0 bridgehead atoms. The molecular formula is C11H7BrN2O2S. The van der Waals surface area contributed by atoms with Crippen molar-refractivity contribution in [1.29, 1.82) is 0 Å². The van der Waals surface area contributed by atoms with E-state index in [9.17, 15) is 4.79 Å². The molecule has 86 valence electrons. The second kappa shape index (κ2) is 5.20. The van der Waals surface area contributed by atoms with Crippen molar-refractivity contribution in [1.82, 2.24) is 9.97 Å². The zero-order valence-corrected chi connectivity index (χ0v) is 10.9. The fourth-order valence-electron chi connectivity index (χ4n) is 1.15. The Morgan fingerprint density at radius 2 is 2.18 bits per heavy atom. The summed E-state index contributed by atoms with van der Waals surface area (Å²) < 4.78 is 0.894. The van der Waals surface area contributed by atoms with E-state index in [1.807, 2.05) is 12.1 Å². The molecule has 0 aliphatic heterocycles. The third-order valence-corrected chi connectivity index (χ3v) is 3.26. The molecule has 2 aromatic heterocycles. The van der Waals surface area contributed by atoms with E-state index >= 15 is 0 Å². The second-order valence-corrected chi connectivity index (χ2v) is 5.12. The Hall–Kier alpha value is -1.53. The molecular weight excluding hydrogens is 304 g/mol. The minimum Gasteiger partial charge on any atom is -0.477 e. The minimum atomic E-state index is -0.953. The van der Waals surface area contributed by atoms with Crippen LogP contribution in [0.5, 0.6) is 0 Å². The first-order valence-corrected chi connectivity index (χ1v) is 6.24. The molecule has 0 amide bonds. The van der Waals surface area contributed by atoms with Crippen molar-refractivity contribution >= 4 is 45.4 Å². The lowest BCUT2D eigenvalue weighted by molar-refractivity contribution is 0.0702. The average molecular weight is 311 g/mol. The predicted octanol–water partition coefficient (Wildman–Crippen LogP) is 3.17. The highest BCUT2D eigenvalue weighted by Crippen LogP contribution is 2.17. The van der Waals surface area contributed by atoms with E-state index in [0.29, 0.717) is 5.01 Å². The number of carbonyl (C=O) groups is 1. The lowest BCUT2D eigenvalue weighted by atomic mass is 10.3. The largest absolute Gasteiger partial charge is 0.477 e. The van der Waals surface area contributed by atoms with Crippen LogP contribution in [-0.2, 0) is 0 Å². The summed E-state index contributed by atoms with van der Waals surface area (Å²) in [6.45, 7) is 0. The summed E-state index contributed by atoms with van der Waals surface area (Å²) in [6.07, 6.45) is 8.37. The Labute approximate surface area is 110 Å². The standard InChI is InChI=1S/C11H7BrN2O2S/c12-8-3-7(4-13-5-8)1-2-10-14-6-9(17-10)11(15)16/h1-6H,(H,15,16). The molecule has 0 aromatic carbocycles. The molecule has 0 saturated heterocycles. The number of hydrogen-bond donors (Lipinski definition) is 1. The van der Waals surface area contributed by atoms with Gasteiger partial charge in [-0.1, -0.05) is 6.08 Å². The molecule has 0 aliphatic rings. The molecule has 1 N–H and O–H groups in total. The number of nitrogens with zero attached hydrogens (tertiary/aromatic N) is 2. The van der Waals surface area contributed by atoms with Gasteiger partial charge in [0.05, 0.1) is 6.20 Å². The van der Waals surface area contributed by atoms with Crippen molar-refractivity contribution in [3.8, 4) is 0 Å². The first-order valence-electron chi connectivity index (χ1n) is 4.63. The normalized spacial score (nSPS) is 10.9. The fourth-order valence-corrected chi connectivity index (χ4v) is 2.19. The van der Waals surface area contributed by atoms with Crippen LogP contribution < -0.4 is 0 Å². The summed E-state index contributed by atoms with van der Waals surface area (Å²) in [5.74, 6) is -0.953. The number of halogens is 1. The summed E-state index contributed by atoms with van der Waals surface area (Å²) in [4.78, 5) is 18.9. The van der Waals surface area contributed by atoms with Gasteiger partial charge in [0.15, 0.2) is 0 Å². The quantitative estimate of drug-likeness (QED) is 0.945. The van der Waals surface area contributed by atoms with Gasteiger partial charge in [0.25, 0.3) is 0 Å². The van der Waals surface area contributed by atoms with Crippen LogP contribution in [0.2, 0.25) is 0 Å². The van der Waals surface area contributed by atoms with Gasteiger partial charge in [-0.15, -0.1) is 11.3 Å². The molecule has 0 spiro atoms. The van der Waals surface area contributed by atoms with E-state index in [1.165, 1.54) is 6.20 Å². The van der Waals surface area contributed by atoms with Gasteiger partial charge in [0.2, 0.25) is 0 Å².